The number of hydrazine groups is 1. The SMILES string of the molecule is NNC(=O)c1nnnn1N. The van der Waals surface area contributed by atoms with Gasteiger partial charge in [0, 0.05) is 0 Å². The highest BCUT2D eigenvalue weighted by Crippen LogP contribution is 1.82. The molecule has 0 saturated carbocycles. The van der Waals surface area contributed by atoms with Crippen LogP contribution in [0.15, 0.2) is 0 Å². The highest BCUT2D eigenvalue weighted by molar-refractivity contribution is 5.89. The third-order valence-electron chi connectivity index (χ3n) is 0.827. The number of aromatic nitrogens is 4. The highest BCUT2D eigenvalue weighted by Gasteiger charge is 2.10. The number of rotatable bonds is 1. The van der Waals surface area contributed by atoms with E-state index >= 15 is 0 Å². The maximum atomic E-state index is 10.6. The standard InChI is InChI=1S/C2H5N7O/c3-5-2(10)1-6-7-8-9(1)4/h3-4H2,(H,5,10). The molecule has 0 radical (unpaired) electrons. The largest absolute Gasteiger partial charge is 0.319 e. The van der Waals surface area contributed by atoms with Gasteiger partial charge in [0.05, 0.1) is 0 Å². The van der Waals surface area contributed by atoms with Crippen molar-refractivity contribution in [1.82, 2.24) is 25.7 Å². The highest BCUT2D eigenvalue weighted by atomic mass is 16.2. The summed E-state index contributed by atoms with van der Waals surface area (Å²) in [6.07, 6.45) is 0. The van der Waals surface area contributed by atoms with E-state index in [0.29, 0.717) is 0 Å². The third kappa shape index (κ3) is 0.865. The van der Waals surface area contributed by atoms with E-state index in [2.05, 4.69) is 15.5 Å². The molecule has 0 aliphatic heterocycles. The lowest BCUT2D eigenvalue weighted by molar-refractivity contribution is 0.0939. The van der Waals surface area contributed by atoms with Crippen LogP contribution < -0.4 is 17.1 Å². The maximum Gasteiger partial charge on any atom is 0.306 e. The first-order valence-corrected chi connectivity index (χ1v) is 2.30. The quantitative estimate of drug-likeness (QED) is 0.218. The minimum atomic E-state index is -0.632. The molecule has 54 valence electrons. The molecule has 8 nitrogen and oxygen atoms in total. The average Bonchev–Trinajstić information content (AvgIpc) is 2.34. The maximum absolute atomic E-state index is 10.6. The average molecular weight is 143 g/mol. The molecule has 1 heterocycles. The molecule has 1 aromatic heterocycles. The predicted molar refractivity (Wildman–Crippen MR) is 29.6 cm³/mol. The Labute approximate surface area is 55.1 Å². The Morgan fingerprint density at radius 2 is 2.40 bits per heavy atom. The van der Waals surface area contributed by atoms with Gasteiger partial charge >= 0.3 is 5.91 Å². The van der Waals surface area contributed by atoms with Crippen molar-refractivity contribution in [3.8, 4) is 0 Å². The molecule has 0 unspecified atom stereocenters. The van der Waals surface area contributed by atoms with Crippen LogP contribution in [0, 0.1) is 0 Å². The molecule has 0 saturated heterocycles. The van der Waals surface area contributed by atoms with Gasteiger partial charge in [-0.05, 0) is 10.4 Å². The van der Waals surface area contributed by atoms with Gasteiger partial charge in [0.15, 0.2) is 0 Å². The van der Waals surface area contributed by atoms with E-state index in [1.807, 2.05) is 5.43 Å². The first kappa shape index (κ1) is 6.42. The molecule has 5 N–H and O–H groups in total. The summed E-state index contributed by atoms with van der Waals surface area (Å²) in [5, 5.41) is 9.59. The number of hydrogen-bond acceptors (Lipinski definition) is 6. The number of nitrogens with two attached hydrogens (primary N) is 2. The van der Waals surface area contributed by atoms with E-state index in [1.165, 1.54) is 0 Å². The number of amides is 1. The van der Waals surface area contributed by atoms with Crippen molar-refractivity contribution in [3.05, 3.63) is 5.82 Å². The molecule has 0 aliphatic rings. The van der Waals surface area contributed by atoms with E-state index in [-0.39, 0.29) is 5.82 Å². The molecule has 1 amide bonds. The van der Waals surface area contributed by atoms with Crippen LogP contribution in [0.4, 0.5) is 0 Å². The molecule has 0 aliphatic carbocycles. The van der Waals surface area contributed by atoms with E-state index in [9.17, 15) is 4.79 Å². The molecule has 8 heteroatoms. The van der Waals surface area contributed by atoms with E-state index in [0.717, 1.165) is 4.79 Å². The Kier molecular flexibility index (Phi) is 1.46. The first-order chi connectivity index (χ1) is 4.75. The number of carbonyl (C=O) groups is 1. The minimum absolute atomic E-state index is 0.137. The van der Waals surface area contributed by atoms with Crippen LogP contribution >= 0.6 is 0 Å². The lowest BCUT2D eigenvalue weighted by Gasteiger charge is -1.93. The van der Waals surface area contributed by atoms with Gasteiger partial charge in [-0.15, -0.1) is 9.89 Å². The van der Waals surface area contributed by atoms with Crippen molar-refractivity contribution in [2.24, 2.45) is 5.84 Å². The summed E-state index contributed by atoms with van der Waals surface area (Å²) >= 11 is 0. The number of carbonyl (C=O) groups excluding carboxylic acids is 1. The minimum Gasteiger partial charge on any atom is -0.319 e. The Morgan fingerprint density at radius 1 is 1.70 bits per heavy atom. The number of hydrogen-bond donors (Lipinski definition) is 3. The Hall–Kier alpha value is -1.70. The summed E-state index contributed by atoms with van der Waals surface area (Å²) in [6.45, 7) is 0. The second kappa shape index (κ2) is 2.27. The zero-order chi connectivity index (χ0) is 7.56. The fourth-order valence-corrected chi connectivity index (χ4v) is 0.408. The van der Waals surface area contributed by atoms with Crippen molar-refractivity contribution in [2.45, 2.75) is 0 Å². The monoisotopic (exact) mass is 143 g/mol. The summed E-state index contributed by atoms with van der Waals surface area (Å²) < 4.78 is 0. The van der Waals surface area contributed by atoms with Crippen LogP contribution in [0.5, 0.6) is 0 Å². The second-order valence-electron chi connectivity index (χ2n) is 1.42. The zero-order valence-electron chi connectivity index (χ0n) is 4.85. The smallest absolute Gasteiger partial charge is 0.306 e. The van der Waals surface area contributed by atoms with Crippen molar-refractivity contribution in [2.75, 3.05) is 5.84 Å². The van der Waals surface area contributed by atoms with Gasteiger partial charge in [-0.3, -0.25) is 10.2 Å². The van der Waals surface area contributed by atoms with E-state index < -0.39 is 5.91 Å². The van der Waals surface area contributed by atoms with Gasteiger partial charge in [-0.25, -0.2) is 5.84 Å². The van der Waals surface area contributed by atoms with Crippen molar-refractivity contribution in [1.29, 1.82) is 0 Å². The van der Waals surface area contributed by atoms with Gasteiger partial charge in [0.25, 0.3) is 5.82 Å². The summed E-state index contributed by atoms with van der Waals surface area (Å²) in [5.41, 5.74) is 1.83. The molecule has 1 aromatic rings. The molecule has 0 bridgehead atoms. The van der Waals surface area contributed by atoms with Gasteiger partial charge in [-0.2, -0.15) is 0 Å². The van der Waals surface area contributed by atoms with Gasteiger partial charge in [0.1, 0.15) is 0 Å². The summed E-state index contributed by atoms with van der Waals surface area (Å²) in [6, 6.07) is 0. The summed E-state index contributed by atoms with van der Waals surface area (Å²) in [5.74, 6) is 9.08. The van der Waals surface area contributed by atoms with Crippen LogP contribution in [0.25, 0.3) is 0 Å². The topological polar surface area (TPSA) is 125 Å². The van der Waals surface area contributed by atoms with Gasteiger partial charge < -0.3 is 5.84 Å². The van der Waals surface area contributed by atoms with Crippen molar-refractivity contribution < 1.29 is 4.79 Å². The van der Waals surface area contributed by atoms with Crippen LogP contribution in [-0.2, 0) is 0 Å². The normalized spacial score (nSPS) is 9.30. The van der Waals surface area contributed by atoms with Crippen LogP contribution in [0.3, 0.4) is 0 Å². The fourth-order valence-electron chi connectivity index (χ4n) is 0.408. The van der Waals surface area contributed by atoms with Crippen LogP contribution in [-0.4, -0.2) is 26.2 Å². The first-order valence-electron chi connectivity index (χ1n) is 2.30. The Balaban J connectivity index is 2.93. The third-order valence-corrected chi connectivity index (χ3v) is 0.827. The molecule has 0 spiro atoms. The number of nitrogen functional groups attached to an aromatic ring is 2. The molecule has 0 aromatic carbocycles. The fraction of sp³-hybridized carbons (Fsp3) is 0. The van der Waals surface area contributed by atoms with Gasteiger partial charge in [-0.1, -0.05) is 0 Å². The molecular weight excluding hydrogens is 138 g/mol. The van der Waals surface area contributed by atoms with E-state index in [1.54, 1.807) is 0 Å². The predicted octanol–water partition coefficient (Wildman–Crippen LogP) is -3.01. The Morgan fingerprint density at radius 3 is 2.80 bits per heavy atom. The molecular formula is C2H5N7O. The number of tetrazole rings is 1. The molecule has 0 fully saturated rings. The van der Waals surface area contributed by atoms with Crippen molar-refractivity contribution >= 4 is 5.91 Å². The molecule has 0 atom stereocenters. The lowest BCUT2D eigenvalue weighted by atomic mass is 10.6. The van der Waals surface area contributed by atoms with Crippen LogP contribution in [0.1, 0.15) is 10.6 Å². The zero-order valence-corrected chi connectivity index (χ0v) is 4.85. The van der Waals surface area contributed by atoms with Crippen molar-refractivity contribution in [3.63, 3.8) is 0 Å². The molecule has 1 rings (SSSR count). The Bertz CT molecular complexity index is 240. The molecule has 10 heavy (non-hydrogen) atoms. The van der Waals surface area contributed by atoms with Crippen LogP contribution in [0.2, 0.25) is 0 Å². The number of nitrogens with one attached hydrogen (secondary N) is 1. The summed E-state index contributed by atoms with van der Waals surface area (Å²) in [4.78, 5) is 11.3. The number of nitrogens with zero attached hydrogens (tertiary/aromatic N) is 4. The van der Waals surface area contributed by atoms with Gasteiger partial charge in [0.2, 0.25) is 0 Å². The second-order valence-corrected chi connectivity index (χ2v) is 1.42. The lowest BCUT2D eigenvalue weighted by Crippen LogP contribution is -2.34. The summed E-state index contributed by atoms with van der Waals surface area (Å²) in [7, 11) is 0. The van der Waals surface area contributed by atoms with E-state index in [4.69, 9.17) is 11.7 Å².